The van der Waals surface area contributed by atoms with Gasteiger partial charge in [0.25, 0.3) is 18.4 Å². The first-order chi connectivity index (χ1) is 15.7. The maximum atomic E-state index is 15.0. The summed E-state index contributed by atoms with van der Waals surface area (Å²) in [6, 6.07) is 3.33. The molecule has 0 saturated carbocycles. The third kappa shape index (κ3) is 4.34. The van der Waals surface area contributed by atoms with Crippen molar-refractivity contribution in [3.05, 3.63) is 53.4 Å². The second-order valence-corrected chi connectivity index (χ2v) is 7.93. The van der Waals surface area contributed by atoms with Gasteiger partial charge in [-0.25, -0.2) is 27.5 Å². The van der Waals surface area contributed by atoms with Crippen LogP contribution in [0.4, 0.5) is 23.2 Å². The molecule has 1 fully saturated rings. The first kappa shape index (κ1) is 22.9. The van der Waals surface area contributed by atoms with Gasteiger partial charge in [-0.3, -0.25) is 9.78 Å². The fourth-order valence-corrected chi connectivity index (χ4v) is 4.13. The molecule has 0 aliphatic carbocycles. The number of rotatable bonds is 5. The minimum Gasteiger partial charge on any atom is -0.462 e. The van der Waals surface area contributed by atoms with Crippen LogP contribution >= 0.6 is 0 Å². The topological polar surface area (TPSA) is 112 Å². The number of carbonyl (C=O) groups is 1. The third-order valence-corrected chi connectivity index (χ3v) is 5.79. The van der Waals surface area contributed by atoms with Crippen molar-refractivity contribution < 1.29 is 31.8 Å². The van der Waals surface area contributed by atoms with Crippen molar-refractivity contribution in [3.8, 4) is 0 Å². The van der Waals surface area contributed by atoms with E-state index >= 15 is 0 Å². The van der Waals surface area contributed by atoms with Crippen LogP contribution in [-0.2, 0) is 15.0 Å². The molecule has 33 heavy (non-hydrogen) atoms. The summed E-state index contributed by atoms with van der Waals surface area (Å²) >= 11 is 0. The highest BCUT2D eigenvalue weighted by Gasteiger charge is 2.52. The summed E-state index contributed by atoms with van der Waals surface area (Å²) in [5, 5.41) is 2.48. The van der Waals surface area contributed by atoms with Gasteiger partial charge in [-0.2, -0.15) is 0 Å². The van der Waals surface area contributed by atoms with Crippen LogP contribution < -0.4 is 11.1 Å². The van der Waals surface area contributed by atoms with Gasteiger partial charge in [-0.05, 0) is 25.1 Å². The van der Waals surface area contributed by atoms with Crippen LogP contribution in [0.1, 0.15) is 41.5 Å². The molecule has 2 aliphatic heterocycles. The average Bonchev–Trinajstić information content (AvgIpc) is 2.79. The molecule has 0 bridgehead atoms. The number of amides is 1. The Labute approximate surface area is 186 Å². The van der Waals surface area contributed by atoms with Gasteiger partial charge < -0.3 is 20.5 Å². The summed E-state index contributed by atoms with van der Waals surface area (Å²) in [4.78, 5) is 23.8. The molecule has 0 radical (unpaired) electrons. The minimum absolute atomic E-state index is 0.0780. The van der Waals surface area contributed by atoms with Gasteiger partial charge in [0.15, 0.2) is 0 Å². The van der Waals surface area contributed by atoms with Crippen LogP contribution in [0.25, 0.3) is 0 Å². The second kappa shape index (κ2) is 8.93. The molecule has 176 valence electrons. The number of carbonyl (C=O) groups excluding carboxylic acids is 1. The van der Waals surface area contributed by atoms with Crippen LogP contribution in [0.3, 0.4) is 0 Å². The third-order valence-electron chi connectivity index (χ3n) is 5.79. The Morgan fingerprint density at radius 1 is 1.33 bits per heavy atom. The number of amidine groups is 1. The Kier molecular flexibility index (Phi) is 6.19. The number of alkyl halides is 3. The van der Waals surface area contributed by atoms with Gasteiger partial charge >= 0.3 is 0 Å². The lowest BCUT2D eigenvalue weighted by Crippen LogP contribution is -2.55. The van der Waals surface area contributed by atoms with Crippen molar-refractivity contribution >= 4 is 17.6 Å². The van der Waals surface area contributed by atoms with E-state index in [-0.39, 0.29) is 35.7 Å². The second-order valence-electron chi connectivity index (χ2n) is 7.93. The zero-order valence-corrected chi connectivity index (χ0v) is 17.5. The van der Waals surface area contributed by atoms with Gasteiger partial charge in [0.05, 0.1) is 31.0 Å². The Hall–Kier alpha value is -3.28. The molecule has 3 N–H and O–H groups in total. The lowest BCUT2D eigenvalue weighted by molar-refractivity contribution is -0.109. The van der Waals surface area contributed by atoms with E-state index in [4.69, 9.17) is 15.2 Å². The zero-order valence-electron chi connectivity index (χ0n) is 17.5. The molecule has 12 heteroatoms. The van der Waals surface area contributed by atoms with E-state index in [1.807, 2.05) is 6.92 Å². The minimum atomic E-state index is -2.82. The predicted molar refractivity (Wildman–Crippen MR) is 109 cm³/mol. The van der Waals surface area contributed by atoms with Crippen LogP contribution in [0, 0.1) is 11.7 Å². The van der Waals surface area contributed by atoms with E-state index in [1.54, 1.807) is 0 Å². The first-order valence-electron chi connectivity index (χ1n) is 10.1. The number of benzene rings is 1. The number of aromatic nitrogens is 2. The smallest absolute Gasteiger partial charge is 0.283 e. The maximum Gasteiger partial charge on any atom is 0.283 e. The molecular formula is C21H21F4N5O3. The molecule has 4 rings (SSSR count). The van der Waals surface area contributed by atoms with Crippen LogP contribution in [0.15, 0.2) is 35.6 Å². The van der Waals surface area contributed by atoms with E-state index in [1.165, 1.54) is 12.1 Å². The Balaban J connectivity index is 1.66. The first-order valence-corrected chi connectivity index (χ1v) is 10.1. The van der Waals surface area contributed by atoms with Crippen LogP contribution in [0.2, 0.25) is 0 Å². The van der Waals surface area contributed by atoms with Gasteiger partial charge in [-0.1, -0.05) is 0 Å². The Morgan fingerprint density at radius 2 is 2.12 bits per heavy atom. The number of nitrogens with one attached hydrogen (secondary N) is 1. The zero-order chi connectivity index (χ0) is 23.8. The highest BCUT2D eigenvalue weighted by Crippen LogP contribution is 2.45. The highest BCUT2D eigenvalue weighted by atomic mass is 19.3. The molecule has 1 amide bonds. The van der Waals surface area contributed by atoms with E-state index in [0.717, 1.165) is 18.5 Å². The van der Waals surface area contributed by atoms with Gasteiger partial charge in [0, 0.05) is 17.7 Å². The van der Waals surface area contributed by atoms with Crippen molar-refractivity contribution in [2.75, 3.05) is 18.6 Å². The molecule has 3 heterocycles. The SMILES string of the molecule is C[C@@H]1C[C@H]2OC(N)=N[C@](CF)(c3cc(NC(=O)c4cnc(C(F)F)cn4)ccc3F)C2CO1. The number of nitrogens with zero attached hydrogens (tertiary/aromatic N) is 3. The number of aliphatic imine (C=N–C) groups is 1. The van der Waals surface area contributed by atoms with Gasteiger partial charge in [0.2, 0.25) is 0 Å². The predicted octanol–water partition coefficient (Wildman–Crippen LogP) is 3.11. The number of anilines is 1. The number of fused-ring (bicyclic) bond motifs is 1. The van der Waals surface area contributed by atoms with Gasteiger partial charge in [-0.15, -0.1) is 0 Å². The number of halogens is 4. The highest BCUT2D eigenvalue weighted by molar-refractivity contribution is 6.02. The largest absolute Gasteiger partial charge is 0.462 e. The summed E-state index contributed by atoms with van der Waals surface area (Å²) in [6.45, 7) is 0.839. The summed E-state index contributed by atoms with van der Waals surface area (Å²) in [5.41, 5.74) is 3.29. The molecule has 2 aliphatic rings. The molecule has 8 nitrogen and oxygen atoms in total. The molecule has 2 aromatic rings. The number of nitrogens with two attached hydrogens (primary N) is 1. The quantitative estimate of drug-likeness (QED) is 0.654. The molecule has 0 spiro atoms. The summed E-state index contributed by atoms with van der Waals surface area (Å²) < 4.78 is 66.1. The number of hydrogen-bond acceptors (Lipinski definition) is 7. The van der Waals surface area contributed by atoms with Crippen molar-refractivity contribution in [2.24, 2.45) is 16.6 Å². The van der Waals surface area contributed by atoms with E-state index in [2.05, 4.69) is 20.3 Å². The van der Waals surface area contributed by atoms with E-state index < -0.39 is 48.1 Å². The van der Waals surface area contributed by atoms with Gasteiger partial charge in [0.1, 0.15) is 35.5 Å². The molecule has 1 saturated heterocycles. The Bertz CT molecular complexity index is 1070. The molecule has 1 unspecified atom stereocenters. The maximum absolute atomic E-state index is 15.0. The molecule has 1 aromatic carbocycles. The van der Waals surface area contributed by atoms with Crippen LogP contribution in [0.5, 0.6) is 0 Å². The monoisotopic (exact) mass is 467 g/mol. The Morgan fingerprint density at radius 3 is 2.79 bits per heavy atom. The standard InChI is InChI=1S/C21H21F4N5O3/c1-10-4-17-13(8-32-10)21(9-22,30-20(26)33-17)12-5-11(2-3-14(12)23)29-19(31)16-7-27-15(6-28-16)18(24)25/h2-3,5-7,10,13,17-18H,4,8-9H2,1H3,(H2,26,30)(H,29,31)/t10-,13?,17-,21-/m1/s1. The molecule has 1 aromatic heterocycles. The fraction of sp³-hybridized carbons (Fsp3) is 0.429. The van der Waals surface area contributed by atoms with Crippen molar-refractivity contribution in [3.63, 3.8) is 0 Å². The molecule has 4 atom stereocenters. The van der Waals surface area contributed by atoms with E-state index in [9.17, 15) is 22.4 Å². The van der Waals surface area contributed by atoms with Crippen molar-refractivity contribution in [1.82, 2.24) is 9.97 Å². The fourth-order valence-electron chi connectivity index (χ4n) is 4.13. The average molecular weight is 467 g/mol. The number of hydrogen-bond donors (Lipinski definition) is 2. The van der Waals surface area contributed by atoms with Crippen molar-refractivity contribution in [1.29, 1.82) is 0 Å². The molecular weight excluding hydrogens is 446 g/mol. The lowest BCUT2D eigenvalue weighted by Gasteiger charge is -2.46. The van der Waals surface area contributed by atoms with Crippen molar-refractivity contribution in [2.45, 2.75) is 37.5 Å². The number of ether oxygens (including phenoxy) is 2. The summed E-state index contributed by atoms with van der Waals surface area (Å²) in [6.07, 6.45) is -1.38. The lowest BCUT2D eigenvalue weighted by atomic mass is 9.73. The summed E-state index contributed by atoms with van der Waals surface area (Å²) in [7, 11) is 0. The summed E-state index contributed by atoms with van der Waals surface area (Å²) in [5.74, 6) is -2.17. The normalized spacial score (nSPS) is 26.8. The van der Waals surface area contributed by atoms with E-state index in [0.29, 0.717) is 6.42 Å². The van der Waals surface area contributed by atoms with Crippen LogP contribution in [-0.4, -0.2) is 47.4 Å².